The predicted octanol–water partition coefficient (Wildman–Crippen LogP) is 5.53. The first kappa shape index (κ1) is 21.9. The van der Waals surface area contributed by atoms with Crippen LogP contribution in [0.4, 0.5) is 0 Å². The van der Waals surface area contributed by atoms with Gasteiger partial charge in [0.1, 0.15) is 4.83 Å². The molecule has 1 atom stereocenters. The number of ether oxygens (including phenoxy) is 1. The molecule has 0 spiro atoms. The summed E-state index contributed by atoms with van der Waals surface area (Å²) in [6.07, 6.45) is 2.99. The normalized spacial score (nSPS) is 15.2. The van der Waals surface area contributed by atoms with Crippen LogP contribution in [0, 0.1) is 6.92 Å². The minimum Gasteiger partial charge on any atom is -0.479 e. The number of aromatic amines is 1. The largest absolute Gasteiger partial charge is 0.479 e. The summed E-state index contributed by atoms with van der Waals surface area (Å²) in [4.78, 5) is 34.0. The first-order valence-electron chi connectivity index (χ1n) is 11.1. The second kappa shape index (κ2) is 7.81. The molecule has 33 heavy (non-hydrogen) atoms. The van der Waals surface area contributed by atoms with Crippen molar-refractivity contribution in [1.82, 2.24) is 9.97 Å². The van der Waals surface area contributed by atoms with Crippen LogP contribution in [0.25, 0.3) is 32.4 Å². The lowest BCUT2D eigenvalue weighted by Gasteiger charge is -2.28. The molecule has 8 heteroatoms. The molecule has 0 unspecified atom stereocenters. The fraction of sp³-hybridized carbons (Fsp3) is 0.400. The number of carboxylic acids is 1. The second-order valence-corrected chi connectivity index (χ2v) is 10.6. The number of thiophene rings is 1. The Morgan fingerprint density at radius 2 is 2.03 bits per heavy atom. The summed E-state index contributed by atoms with van der Waals surface area (Å²) in [5.74, 6) is -1.58. The monoisotopic (exact) mass is 466 g/mol. The van der Waals surface area contributed by atoms with Gasteiger partial charge in [0, 0.05) is 27.1 Å². The van der Waals surface area contributed by atoms with Gasteiger partial charge in [0.25, 0.3) is 0 Å². The number of benzene rings is 1. The summed E-state index contributed by atoms with van der Waals surface area (Å²) < 4.78 is 11.4. The third-order valence-electron chi connectivity index (χ3n) is 6.00. The zero-order valence-electron chi connectivity index (χ0n) is 19.1. The molecule has 3 aromatic heterocycles. The first-order valence-corrected chi connectivity index (χ1v) is 11.9. The molecule has 7 nitrogen and oxygen atoms in total. The molecule has 0 fully saturated rings. The summed E-state index contributed by atoms with van der Waals surface area (Å²) in [5.41, 5.74) is 4.37. The number of hydrogen-bond acceptors (Lipinski definition) is 6. The third kappa shape index (κ3) is 3.87. The van der Waals surface area contributed by atoms with E-state index in [1.54, 1.807) is 23.5 Å². The van der Waals surface area contributed by atoms with E-state index in [9.17, 15) is 14.7 Å². The molecule has 0 bridgehead atoms. The molecule has 3 heterocycles. The number of aliphatic carboxylic acids is 1. The number of hydrogen-bond donors (Lipinski definition) is 2. The van der Waals surface area contributed by atoms with Crippen molar-refractivity contribution in [2.45, 2.75) is 65.1 Å². The molecule has 0 aliphatic heterocycles. The van der Waals surface area contributed by atoms with Crippen LogP contribution in [0.2, 0.25) is 0 Å². The molecule has 0 saturated carbocycles. The quantitative estimate of drug-likeness (QED) is 0.410. The van der Waals surface area contributed by atoms with Crippen molar-refractivity contribution in [3.8, 4) is 11.1 Å². The van der Waals surface area contributed by atoms with E-state index in [-0.39, 0.29) is 0 Å². The molecule has 172 valence electrons. The number of rotatable bonds is 4. The minimum absolute atomic E-state index is 0.429. The number of pyridine rings is 1. The SMILES string of the molecule is Cc1nc2sc3c(c2c(-c2ccc4[nH]c(=O)oc4c2)c1[C@H](OC(C)(C)C)C(=O)O)CCCC3. The molecule has 0 amide bonds. The lowest BCUT2D eigenvalue weighted by Crippen LogP contribution is -2.28. The summed E-state index contributed by atoms with van der Waals surface area (Å²) in [6.45, 7) is 7.37. The van der Waals surface area contributed by atoms with E-state index < -0.39 is 23.4 Å². The predicted molar refractivity (Wildman–Crippen MR) is 128 cm³/mol. The number of fused-ring (bicyclic) bond motifs is 4. The van der Waals surface area contributed by atoms with E-state index in [0.29, 0.717) is 22.4 Å². The molecule has 4 aromatic rings. The number of carboxylic acid groups (broad SMARTS) is 1. The molecule has 1 aromatic carbocycles. The van der Waals surface area contributed by atoms with E-state index in [0.717, 1.165) is 47.0 Å². The van der Waals surface area contributed by atoms with Crippen LogP contribution in [-0.2, 0) is 22.4 Å². The molecule has 2 N–H and O–H groups in total. The van der Waals surface area contributed by atoms with Gasteiger partial charge < -0.3 is 14.3 Å². The third-order valence-corrected chi connectivity index (χ3v) is 7.18. The van der Waals surface area contributed by atoms with Crippen molar-refractivity contribution >= 4 is 38.6 Å². The molecule has 1 aliphatic rings. The number of H-pyrrole nitrogens is 1. The Bertz CT molecular complexity index is 1450. The number of aryl methyl sites for hydroxylation is 3. The van der Waals surface area contributed by atoms with Gasteiger partial charge in [-0.1, -0.05) is 6.07 Å². The Kier molecular flexibility index (Phi) is 5.17. The topological polar surface area (TPSA) is 105 Å². The Hall–Kier alpha value is -2.97. The first-order chi connectivity index (χ1) is 15.6. The molecular formula is C25H26N2O5S. The highest BCUT2D eigenvalue weighted by Gasteiger charge is 2.34. The second-order valence-electron chi connectivity index (χ2n) is 9.55. The summed E-state index contributed by atoms with van der Waals surface area (Å²) >= 11 is 1.69. The average Bonchev–Trinajstić information content (AvgIpc) is 3.28. The highest BCUT2D eigenvalue weighted by atomic mass is 32.1. The van der Waals surface area contributed by atoms with Gasteiger partial charge in [0.2, 0.25) is 0 Å². The van der Waals surface area contributed by atoms with Crippen LogP contribution in [0.5, 0.6) is 0 Å². The van der Waals surface area contributed by atoms with Crippen LogP contribution in [0.15, 0.2) is 27.4 Å². The van der Waals surface area contributed by atoms with E-state index in [4.69, 9.17) is 14.1 Å². The van der Waals surface area contributed by atoms with Gasteiger partial charge in [-0.25, -0.2) is 14.6 Å². The smallest absolute Gasteiger partial charge is 0.417 e. The number of oxazole rings is 1. The Morgan fingerprint density at radius 1 is 1.27 bits per heavy atom. The summed E-state index contributed by atoms with van der Waals surface area (Å²) in [7, 11) is 0. The molecular weight excluding hydrogens is 440 g/mol. The van der Waals surface area contributed by atoms with Crippen molar-refractivity contribution in [1.29, 1.82) is 0 Å². The molecule has 5 rings (SSSR count). The van der Waals surface area contributed by atoms with Gasteiger partial charge >= 0.3 is 11.7 Å². The molecule has 0 radical (unpaired) electrons. The van der Waals surface area contributed by atoms with E-state index >= 15 is 0 Å². The van der Waals surface area contributed by atoms with Crippen molar-refractivity contribution in [2.75, 3.05) is 0 Å². The van der Waals surface area contributed by atoms with Crippen LogP contribution >= 0.6 is 11.3 Å². The van der Waals surface area contributed by atoms with Gasteiger partial charge in [0.05, 0.1) is 11.1 Å². The number of aromatic nitrogens is 2. The Labute approximate surface area is 194 Å². The maximum absolute atomic E-state index is 12.5. The van der Waals surface area contributed by atoms with E-state index in [2.05, 4.69) is 4.98 Å². The van der Waals surface area contributed by atoms with E-state index in [1.807, 2.05) is 33.8 Å². The van der Waals surface area contributed by atoms with Crippen molar-refractivity contribution < 1.29 is 19.1 Å². The summed E-state index contributed by atoms with van der Waals surface area (Å²) in [5, 5.41) is 11.2. The number of carbonyl (C=O) groups is 1. The molecule has 1 aliphatic carbocycles. The highest BCUT2D eigenvalue weighted by Crippen LogP contribution is 2.46. The minimum atomic E-state index is -1.19. The van der Waals surface area contributed by atoms with Gasteiger partial charge in [-0.2, -0.15) is 0 Å². The lowest BCUT2D eigenvalue weighted by molar-refractivity contribution is -0.160. The van der Waals surface area contributed by atoms with E-state index in [1.165, 1.54) is 10.4 Å². The average molecular weight is 467 g/mol. The van der Waals surface area contributed by atoms with Crippen molar-refractivity contribution in [3.05, 3.63) is 50.4 Å². The number of nitrogens with zero attached hydrogens (tertiary/aromatic N) is 1. The highest BCUT2D eigenvalue weighted by molar-refractivity contribution is 7.19. The van der Waals surface area contributed by atoms with Crippen LogP contribution < -0.4 is 5.76 Å². The summed E-state index contributed by atoms with van der Waals surface area (Å²) in [6, 6.07) is 5.49. The van der Waals surface area contributed by atoms with Gasteiger partial charge in [-0.15, -0.1) is 11.3 Å². The van der Waals surface area contributed by atoms with Crippen LogP contribution in [-0.4, -0.2) is 26.6 Å². The van der Waals surface area contributed by atoms with Crippen LogP contribution in [0.1, 0.15) is 61.4 Å². The maximum atomic E-state index is 12.5. The fourth-order valence-electron chi connectivity index (χ4n) is 4.72. The Morgan fingerprint density at radius 3 is 2.76 bits per heavy atom. The lowest BCUT2D eigenvalue weighted by atomic mass is 9.88. The Balaban J connectivity index is 1.88. The van der Waals surface area contributed by atoms with Gasteiger partial charge in [-0.05, 0) is 76.6 Å². The van der Waals surface area contributed by atoms with Crippen molar-refractivity contribution in [2.24, 2.45) is 0 Å². The standard InChI is InChI=1S/C25H26N2O5S/c1-12-18(21(23(28)29)32-25(2,3)4)19(13-9-10-15-16(11-13)31-24(30)27-15)20-14-7-5-6-8-17(14)33-22(20)26-12/h9-11,21H,5-8H2,1-4H3,(H,27,30)(H,28,29)/t21-/m0/s1. The zero-order valence-corrected chi connectivity index (χ0v) is 19.9. The van der Waals surface area contributed by atoms with Gasteiger partial charge in [0.15, 0.2) is 11.7 Å². The van der Waals surface area contributed by atoms with Crippen LogP contribution in [0.3, 0.4) is 0 Å². The molecule has 0 saturated heterocycles. The number of nitrogens with one attached hydrogen (secondary N) is 1. The zero-order chi connectivity index (χ0) is 23.5. The fourth-order valence-corrected chi connectivity index (χ4v) is 6.04. The van der Waals surface area contributed by atoms with Crippen molar-refractivity contribution in [3.63, 3.8) is 0 Å². The van der Waals surface area contributed by atoms with Gasteiger partial charge in [-0.3, -0.25) is 4.98 Å². The maximum Gasteiger partial charge on any atom is 0.417 e.